The van der Waals surface area contributed by atoms with Crippen molar-refractivity contribution >= 4 is 11.6 Å². The predicted molar refractivity (Wildman–Crippen MR) is 200 cm³/mol. The molecule has 2 heterocycles. The third kappa shape index (κ3) is 4.76. The number of pyridine rings is 1. The minimum atomic E-state index is -2.07. The zero-order valence-corrected chi connectivity index (χ0v) is 30.4. The number of hydrogen-bond acceptors (Lipinski definition) is 7. The number of carbonyl (C=O) groups is 2. The first-order valence-corrected chi connectivity index (χ1v) is 18.9. The Bertz CT molecular complexity index is 2030. The molecule has 0 bridgehead atoms. The van der Waals surface area contributed by atoms with Crippen LogP contribution in [0, 0.1) is 22.7 Å². The van der Waals surface area contributed by atoms with E-state index < -0.39 is 58.0 Å². The van der Waals surface area contributed by atoms with Crippen LogP contribution in [0.3, 0.4) is 0 Å². The topological polar surface area (TPSA) is 95.0 Å². The molecule has 8 heteroatoms. The molecule has 4 aromatic rings. The van der Waals surface area contributed by atoms with Crippen LogP contribution in [0.1, 0.15) is 68.1 Å². The standard InChI is InChI=1S/C46H44FNO6/c1-42-23-22-35(49)25-34(42)20-21-36-37-26-40-46(43(37,2)27-38(50)45(36,42)47,54-41(53-40)30-13-12-24-48-28-30)39(51)29-52-44(31-14-6-3-7-15-31,32-16-8-4-9-17-32)33-18-10-5-11-19-33/h3-20,22-24,28,36-38,40-41,50H,21,25-27,29H2,1-2H3/t36?,37?,38-,40+,41?,42-,43-,45-,46+/m0/s1. The van der Waals surface area contributed by atoms with Gasteiger partial charge in [0, 0.05) is 41.1 Å². The van der Waals surface area contributed by atoms with Gasteiger partial charge in [-0.25, -0.2) is 4.39 Å². The minimum Gasteiger partial charge on any atom is -0.390 e. The number of fused-ring (bicyclic) bond motifs is 7. The molecule has 2 saturated carbocycles. The number of carbonyl (C=O) groups excluding carboxylic acids is 2. The third-order valence-electron chi connectivity index (χ3n) is 13.7. The Labute approximate surface area is 314 Å². The molecule has 3 unspecified atom stereocenters. The fraction of sp³-hybridized carbons (Fsp3) is 0.370. The first-order valence-electron chi connectivity index (χ1n) is 18.9. The molecule has 9 rings (SSSR count). The number of nitrogens with zero attached hydrogens (tertiary/aromatic N) is 1. The highest BCUT2D eigenvalue weighted by Crippen LogP contribution is 2.72. The van der Waals surface area contributed by atoms with E-state index >= 15 is 9.18 Å². The number of aliphatic hydroxyl groups excluding tert-OH is 1. The van der Waals surface area contributed by atoms with Gasteiger partial charge in [0.2, 0.25) is 0 Å². The number of aromatic nitrogens is 1. The second-order valence-corrected chi connectivity index (χ2v) is 16.1. The molecular weight excluding hydrogens is 682 g/mol. The van der Waals surface area contributed by atoms with E-state index in [1.807, 2.05) is 110 Å². The van der Waals surface area contributed by atoms with Crippen LogP contribution in [-0.2, 0) is 29.4 Å². The van der Waals surface area contributed by atoms with Gasteiger partial charge in [-0.05, 0) is 60.9 Å². The summed E-state index contributed by atoms with van der Waals surface area (Å²) >= 11 is 0. The van der Waals surface area contributed by atoms with Crippen molar-refractivity contribution in [2.45, 2.75) is 74.9 Å². The summed E-state index contributed by atoms with van der Waals surface area (Å²) in [4.78, 5) is 32.2. The highest BCUT2D eigenvalue weighted by Gasteiger charge is 2.79. The van der Waals surface area contributed by atoms with Gasteiger partial charge in [-0.2, -0.15) is 0 Å². The number of ketones is 2. The lowest BCUT2D eigenvalue weighted by Crippen LogP contribution is -2.69. The number of benzene rings is 3. The van der Waals surface area contributed by atoms with Crippen LogP contribution in [0.15, 0.2) is 139 Å². The lowest BCUT2D eigenvalue weighted by atomic mass is 9.45. The Hall–Kier alpha value is -4.60. The molecule has 1 saturated heterocycles. The Kier molecular flexibility index (Phi) is 8.28. The van der Waals surface area contributed by atoms with Gasteiger partial charge in [0.15, 0.2) is 29.1 Å². The van der Waals surface area contributed by atoms with Crippen LogP contribution >= 0.6 is 0 Å². The molecule has 3 fully saturated rings. The summed E-state index contributed by atoms with van der Waals surface area (Å²) in [5, 5.41) is 12.2. The van der Waals surface area contributed by atoms with Crippen molar-refractivity contribution in [1.29, 1.82) is 0 Å². The van der Waals surface area contributed by atoms with Crippen molar-refractivity contribution in [3.63, 3.8) is 0 Å². The molecule has 3 aromatic carbocycles. The second-order valence-electron chi connectivity index (χ2n) is 16.1. The SMILES string of the molecule is C[C@]12C=CC(=O)CC1=CCC1C3C[C@H]4OC(c5cccnc5)O[C@@]4(C(=O)COC(c4ccccc4)(c4ccccc4)c4ccccc4)[C@@]3(C)C[C@H](O)[C@@]12F. The Balaban J connectivity index is 1.15. The average Bonchev–Trinajstić information content (AvgIpc) is 3.71. The molecular formula is C46H44FNO6. The number of hydrogen-bond donors (Lipinski definition) is 1. The van der Waals surface area contributed by atoms with Gasteiger partial charge >= 0.3 is 0 Å². The second kappa shape index (κ2) is 12.7. The molecule has 54 heavy (non-hydrogen) atoms. The third-order valence-corrected chi connectivity index (χ3v) is 13.7. The zero-order valence-electron chi connectivity index (χ0n) is 30.4. The van der Waals surface area contributed by atoms with Gasteiger partial charge in [0.25, 0.3) is 0 Å². The number of halogens is 1. The summed E-state index contributed by atoms with van der Waals surface area (Å²) < 4.78 is 38.9. The van der Waals surface area contributed by atoms with Crippen molar-refractivity contribution in [2.24, 2.45) is 22.7 Å². The summed E-state index contributed by atoms with van der Waals surface area (Å²) in [7, 11) is 0. The fourth-order valence-electron chi connectivity index (χ4n) is 11.1. The maximum absolute atomic E-state index is 18.1. The molecule has 1 aromatic heterocycles. The van der Waals surface area contributed by atoms with Crippen molar-refractivity contribution in [1.82, 2.24) is 4.98 Å². The van der Waals surface area contributed by atoms with Crippen LogP contribution < -0.4 is 0 Å². The normalized spacial score (nSPS) is 35.4. The van der Waals surface area contributed by atoms with Crippen molar-refractivity contribution in [2.75, 3.05) is 6.61 Å². The van der Waals surface area contributed by atoms with E-state index in [0.29, 0.717) is 24.0 Å². The van der Waals surface area contributed by atoms with E-state index in [1.165, 1.54) is 6.08 Å². The van der Waals surface area contributed by atoms with E-state index in [2.05, 4.69) is 4.98 Å². The molecule has 9 atom stereocenters. The van der Waals surface area contributed by atoms with Crippen molar-refractivity contribution < 1.29 is 33.3 Å². The van der Waals surface area contributed by atoms with Gasteiger partial charge < -0.3 is 19.3 Å². The molecule has 1 N–H and O–H groups in total. The number of ether oxygens (including phenoxy) is 3. The Morgan fingerprint density at radius 3 is 2.15 bits per heavy atom. The van der Waals surface area contributed by atoms with Gasteiger partial charge in [-0.3, -0.25) is 14.6 Å². The van der Waals surface area contributed by atoms with Gasteiger partial charge in [-0.1, -0.05) is 122 Å². The van der Waals surface area contributed by atoms with E-state index in [-0.39, 0.29) is 31.0 Å². The van der Waals surface area contributed by atoms with Crippen LogP contribution in [0.5, 0.6) is 0 Å². The summed E-state index contributed by atoms with van der Waals surface area (Å²) in [6.45, 7) is 3.41. The lowest BCUT2D eigenvalue weighted by molar-refractivity contribution is -0.228. The minimum absolute atomic E-state index is 0.0398. The van der Waals surface area contributed by atoms with Crippen molar-refractivity contribution in [3.05, 3.63) is 162 Å². The quantitative estimate of drug-likeness (QED) is 0.146. The summed E-state index contributed by atoms with van der Waals surface area (Å²) in [6.07, 6.45) is 6.11. The average molecular weight is 726 g/mol. The first-order chi connectivity index (χ1) is 26.1. The van der Waals surface area contributed by atoms with E-state index in [0.717, 1.165) is 16.7 Å². The highest BCUT2D eigenvalue weighted by molar-refractivity contribution is 5.94. The maximum atomic E-state index is 18.1. The lowest BCUT2D eigenvalue weighted by Gasteiger charge is -2.62. The first kappa shape index (κ1) is 35.1. The maximum Gasteiger partial charge on any atom is 0.193 e. The number of allylic oxidation sites excluding steroid dienone is 4. The summed E-state index contributed by atoms with van der Waals surface area (Å²) in [5.74, 6) is -1.44. The Morgan fingerprint density at radius 2 is 1.56 bits per heavy atom. The van der Waals surface area contributed by atoms with Crippen molar-refractivity contribution in [3.8, 4) is 0 Å². The van der Waals surface area contributed by atoms with Gasteiger partial charge in [0.1, 0.15) is 12.2 Å². The van der Waals surface area contributed by atoms with Gasteiger partial charge in [0.05, 0.1) is 12.2 Å². The highest BCUT2D eigenvalue weighted by atomic mass is 19.1. The smallest absolute Gasteiger partial charge is 0.193 e. The van der Waals surface area contributed by atoms with Crippen LogP contribution in [0.4, 0.5) is 4.39 Å². The fourth-order valence-corrected chi connectivity index (χ4v) is 11.1. The van der Waals surface area contributed by atoms with Crippen LogP contribution in [-0.4, -0.2) is 51.7 Å². The summed E-state index contributed by atoms with van der Waals surface area (Å²) in [6, 6.07) is 33.3. The number of aliphatic hydroxyl groups is 1. The van der Waals surface area contributed by atoms with Gasteiger partial charge in [-0.15, -0.1) is 0 Å². The summed E-state index contributed by atoms with van der Waals surface area (Å²) in [5.41, 5.74) is -3.10. The Morgan fingerprint density at radius 1 is 0.926 bits per heavy atom. The van der Waals surface area contributed by atoms with E-state index in [9.17, 15) is 9.90 Å². The molecule has 0 spiro atoms. The molecule has 276 valence electrons. The van der Waals surface area contributed by atoms with Crippen LogP contribution in [0.25, 0.3) is 0 Å². The van der Waals surface area contributed by atoms with E-state index in [1.54, 1.807) is 31.5 Å². The number of rotatable bonds is 8. The molecule has 0 amide bonds. The molecule has 0 radical (unpaired) electrons. The van der Waals surface area contributed by atoms with Crippen LogP contribution in [0.2, 0.25) is 0 Å². The molecule has 1 aliphatic heterocycles. The molecule has 4 aliphatic carbocycles. The monoisotopic (exact) mass is 725 g/mol. The molecule has 5 aliphatic rings. The molecule has 7 nitrogen and oxygen atoms in total. The number of alkyl halides is 1. The predicted octanol–water partition coefficient (Wildman–Crippen LogP) is 7.79. The zero-order chi connectivity index (χ0) is 37.3. The van der Waals surface area contributed by atoms with E-state index in [4.69, 9.17) is 14.2 Å². The largest absolute Gasteiger partial charge is 0.390 e. The number of Topliss-reactive ketones (excluding diaryl/α,β-unsaturated/α-hetero) is 1.